The maximum Gasteiger partial charge on any atom is 0.186 e. The molecule has 0 N–H and O–H groups in total. The van der Waals surface area contributed by atoms with Gasteiger partial charge in [-0.3, -0.25) is 0 Å². The van der Waals surface area contributed by atoms with Crippen molar-refractivity contribution >= 4 is 24.6 Å². The van der Waals surface area contributed by atoms with Gasteiger partial charge in [-0.1, -0.05) is 0 Å². The Morgan fingerprint density at radius 2 is 2.12 bits per heavy atom. The number of azo groups is 1. The zero-order valence-corrected chi connectivity index (χ0v) is 8.65. The van der Waals surface area contributed by atoms with Gasteiger partial charge in [0, 0.05) is 12.4 Å². The van der Waals surface area contributed by atoms with E-state index in [4.69, 9.17) is 0 Å². The second-order valence-corrected chi connectivity index (χ2v) is 3.88. The summed E-state index contributed by atoms with van der Waals surface area (Å²) in [6.45, 7) is 0. The van der Waals surface area contributed by atoms with E-state index >= 15 is 0 Å². The lowest BCUT2D eigenvalue weighted by molar-refractivity contribution is 0.707. The highest BCUT2D eigenvalue weighted by atomic mass is 15.2. The zero-order chi connectivity index (χ0) is 11.3. The predicted octanol–water partition coefficient (Wildman–Crippen LogP) is 1.45. The normalized spacial score (nSPS) is 31.1. The smallest absolute Gasteiger partial charge is 0.186 e. The monoisotopic (exact) mass is 222 g/mol. The molecule has 0 radical (unpaired) electrons. The molecule has 0 saturated carbocycles. The van der Waals surface area contributed by atoms with Crippen molar-refractivity contribution in [2.24, 2.45) is 30.2 Å². The summed E-state index contributed by atoms with van der Waals surface area (Å²) in [5.74, 6) is 0. The van der Waals surface area contributed by atoms with Crippen LogP contribution in [0.15, 0.2) is 65.5 Å². The topological polar surface area (TPSA) is 74.2 Å². The summed E-state index contributed by atoms with van der Waals surface area (Å²) in [5.41, 5.74) is 2.58. The minimum Gasteiger partial charge on any atom is -0.246 e. The molecular formula is C11H6N6. The van der Waals surface area contributed by atoms with Crippen LogP contribution in [0.4, 0.5) is 0 Å². The van der Waals surface area contributed by atoms with Crippen LogP contribution >= 0.6 is 0 Å². The Hall–Kier alpha value is -2.50. The summed E-state index contributed by atoms with van der Waals surface area (Å²) in [7, 11) is 0. The van der Waals surface area contributed by atoms with Gasteiger partial charge in [0.15, 0.2) is 5.54 Å². The Balaban J connectivity index is 2.08. The summed E-state index contributed by atoms with van der Waals surface area (Å²) in [6, 6.07) is 0. The van der Waals surface area contributed by atoms with Crippen LogP contribution in [0.5, 0.6) is 0 Å². The lowest BCUT2D eigenvalue weighted by atomic mass is 9.81. The molecule has 4 rings (SSSR count). The molecule has 0 aromatic heterocycles. The largest absolute Gasteiger partial charge is 0.246 e. The number of aliphatic imine (C=N–C) groups is 4. The van der Waals surface area contributed by atoms with Crippen molar-refractivity contribution in [1.82, 2.24) is 0 Å². The third-order valence-electron chi connectivity index (χ3n) is 3.00. The first-order chi connectivity index (χ1) is 8.40. The van der Waals surface area contributed by atoms with Crippen LogP contribution in [0.25, 0.3) is 0 Å². The first-order valence-corrected chi connectivity index (χ1v) is 5.13. The van der Waals surface area contributed by atoms with E-state index in [1.54, 1.807) is 12.4 Å². The standard InChI is InChI=1S/C11H6N6/c1-2-16-17-11-4-12-5-15-10(11)9-8(3-7(1)11)13-6-14-9/h1-6H. The van der Waals surface area contributed by atoms with Gasteiger partial charge in [0.2, 0.25) is 0 Å². The highest BCUT2D eigenvalue weighted by molar-refractivity contribution is 6.18. The number of hydrogen-bond acceptors (Lipinski definition) is 6. The van der Waals surface area contributed by atoms with Gasteiger partial charge in [-0.15, -0.1) is 0 Å². The van der Waals surface area contributed by atoms with E-state index in [2.05, 4.69) is 30.2 Å². The molecule has 17 heavy (non-hydrogen) atoms. The fourth-order valence-corrected chi connectivity index (χ4v) is 2.21. The maximum atomic E-state index is 4.30. The zero-order valence-electron chi connectivity index (χ0n) is 8.65. The number of allylic oxidation sites excluding steroid dienone is 1. The fraction of sp³-hybridized carbons (Fsp3) is 0.0909. The van der Waals surface area contributed by atoms with E-state index < -0.39 is 5.54 Å². The molecule has 80 valence electrons. The molecule has 0 aromatic rings. The van der Waals surface area contributed by atoms with Gasteiger partial charge in [0.25, 0.3) is 0 Å². The van der Waals surface area contributed by atoms with E-state index in [9.17, 15) is 0 Å². The van der Waals surface area contributed by atoms with E-state index in [0.717, 1.165) is 22.7 Å². The molecule has 1 spiro atoms. The SMILES string of the molecule is C1=CC2=CC3=NC=NC3=C3N=CN=CC23N=N1. The summed E-state index contributed by atoms with van der Waals surface area (Å²) < 4.78 is 0. The molecule has 6 nitrogen and oxygen atoms in total. The minimum absolute atomic E-state index is 0.709. The number of nitrogens with zero attached hydrogens (tertiary/aromatic N) is 6. The van der Waals surface area contributed by atoms with E-state index in [-0.39, 0.29) is 0 Å². The van der Waals surface area contributed by atoms with Gasteiger partial charge in [-0.25, -0.2) is 20.0 Å². The second kappa shape index (κ2) is 2.79. The van der Waals surface area contributed by atoms with Gasteiger partial charge in [-0.2, -0.15) is 10.2 Å². The Bertz CT molecular complexity index is 645. The van der Waals surface area contributed by atoms with Crippen molar-refractivity contribution in [2.75, 3.05) is 0 Å². The van der Waals surface area contributed by atoms with Crippen LogP contribution in [0.3, 0.4) is 0 Å². The molecule has 6 heteroatoms. The molecule has 1 aliphatic carbocycles. The number of fused-ring (bicyclic) bond motifs is 1. The van der Waals surface area contributed by atoms with Gasteiger partial charge >= 0.3 is 0 Å². The first kappa shape index (κ1) is 8.63. The average molecular weight is 222 g/mol. The molecular weight excluding hydrogens is 216 g/mol. The molecule has 0 saturated heterocycles. The maximum absolute atomic E-state index is 4.30. The second-order valence-electron chi connectivity index (χ2n) is 3.88. The Labute approximate surface area is 96.3 Å². The summed E-state index contributed by atoms with van der Waals surface area (Å²) >= 11 is 0. The Kier molecular flexibility index (Phi) is 1.42. The van der Waals surface area contributed by atoms with Crippen LogP contribution in [0, 0.1) is 0 Å². The van der Waals surface area contributed by atoms with Gasteiger partial charge in [-0.05, 0) is 17.7 Å². The number of hydrogen-bond donors (Lipinski definition) is 0. The van der Waals surface area contributed by atoms with E-state index in [1.165, 1.54) is 12.7 Å². The van der Waals surface area contributed by atoms with E-state index in [1.807, 2.05) is 12.2 Å². The highest BCUT2D eigenvalue weighted by Gasteiger charge is 2.45. The van der Waals surface area contributed by atoms with Crippen molar-refractivity contribution in [2.45, 2.75) is 5.54 Å². The lowest BCUT2D eigenvalue weighted by Gasteiger charge is -2.32. The molecule has 0 bridgehead atoms. The molecule has 3 heterocycles. The van der Waals surface area contributed by atoms with E-state index in [0.29, 0.717) is 0 Å². The predicted molar refractivity (Wildman–Crippen MR) is 64.7 cm³/mol. The molecule has 1 atom stereocenters. The summed E-state index contributed by atoms with van der Waals surface area (Å²) in [6.07, 6.45) is 10.3. The van der Waals surface area contributed by atoms with Crippen molar-refractivity contribution in [1.29, 1.82) is 0 Å². The Morgan fingerprint density at radius 1 is 1.12 bits per heavy atom. The fourth-order valence-electron chi connectivity index (χ4n) is 2.21. The summed E-state index contributed by atoms with van der Waals surface area (Å²) in [5, 5.41) is 8.25. The highest BCUT2D eigenvalue weighted by Crippen LogP contribution is 2.41. The third kappa shape index (κ3) is 0.944. The van der Waals surface area contributed by atoms with Crippen LogP contribution < -0.4 is 0 Å². The van der Waals surface area contributed by atoms with Crippen molar-refractivity contribution in [3.8, 4) is 0 Å². The van der Waals surface area contributed by atoms with Gasteiger partial charge < -0.3 is 0 Å². The van der Waals surface area contributed by atoms with Gasteiger partial charge in [0.1, 0.15) is 24.1 Å². The van der Waals surface area contributed by atoms with Crippen LogP contribution in [0.1, 0.15) is 0 Å². The van der Waals surface area contributed by atoms with Crippen LogP contribution in [0.2, 0.25) is 0 Å². The van der Waals surface area contributed by atoms with Crippen molar-refractivity contribution in [3.63, 3.8) is 0 Å². The van der Waals surface area contributed by atoms with Crippen molar-refractivity contribution in [3.05, 3.63) is 35.3 Å². The molecule has 4 aliphatic rings. The molecule has 0 aromatic carbocycles. The molecule has 0 amide bonds. The summed E-state index contributed by atoms with van der Waals surface area (Å²) in [4.78, 5) is 16.8. The minimum atomic E-state index is -0.709. The molecule has 0 fully saturated rings. The number of rotatable bonds is 0. The first-order valence-electron chi connectivity index (χ1n) is 5.13. The lowest BCUT2D eigenvalue weighted by Crippen LogP contribution is -2.39. The van der Waals surface area contributed by atoms with Crippen molar-refractivity contribution < 1.29 is 0 Å². The Morgan fingerprint density at radius 3 is 3.12 bits per heavy atom. The molecule has 3 aliphatic heterocycles. The van der Waals surface area contributed by atoms with Gasteiger partial charge in [0.05, 0.1) is 5.71 Å². The van der Waals surface area contributed by atoms with Crippen LogP contribution in [-0.4, -0.2) is 30.1 Å². The average Bonchev–Trinajstić information content (AvgIpc) is 2.83. The quantitative estimate of drug-likeness (QED) is 0.595. The molecule has 1 unspecified atom stereocenters. The third-order valence-corrected chi connectivity index (χ3v) is 3.00. The van der Waals surface area contributed by atoms with Crippen LogP contribution in [-0.2, 0) is 0 Å².